The molecular weight excluding hydrogens is 550 g/mol. The molecule has 0 spiro atoms. The highest BCUT2D eigenvalue weighted by Crippen LogP contribution is 2.44. The largest absolute Gasteiger partial charge is 0.481 e. The Labute approximate surface area is 252 Å². The summed E-state index contributed by atoms with van der Waals surface area (Å²) in [6, 6.07) is 14.2. The summed E-state index contributed by atoms with van der Waals surface area (Å²) in [6.45, 7) is 3.39. The predicted octanol–water partition coefficient (Wildman–Crippen LogP) is 3.98. The van der Waals surface area contributed by atoms with Gasteiger partial charge < -0.3 is 24.4 Å². The van der Waals surface area contributed by atoms with E-state index in [9.17, 15) is 24.3 Å². The molecule has 230 valence electrons. The van der Waals surface area contributed by atoms with Crippen LogP contribution in [0.5, 0.6) is 0 Å². The van der Waals surface area contributed by atoms with Crippen LogP contribution in [0, 0.1) is 5.92 Å². The third-order valence-electron chi connectivity index (χ3n) is 9.12. The van der Waals surface area contributed by atoms with Gasteiger partial charge in [0.05, 0.1) is 19.6 Å². The molecule has 43 heavy (non-hydrogen) atoms. The van der Waals surface area contributed by atoms with Crippen molar-refractivity contribution in [3.63, 3.8) is 0 Å². The summed E-state index contributed by atoms with van der Waals surface area (Å²) in [5.41, 5.74) is 4.44. The standard InChI is InChI=1S/C33H41N3O7/c1-3-36(28(20-29(37)38)31(39)35-16-18-42-19-17-35)32(40)30(22-10-4-5-11-22)34(2)33(41)43-21-27-25-14-8-6-12-23(25)24-13-7-9-15-26(24)27/h6-9,12-15,22,27-28,30H,3-5,10-11,16-21H2,1-2H3,(H,37,38)/t28-,30-/m0/s1. The Bertz CT molecular complexity index is 1290. The number of likely N-dealkylation sites (N-methyl/N-ethyl adjacent to an activating group) is 2. The molecule has 2 aliphatic carbocycles. The lowest BCUT2D eigenvalue weighted by atomic mass is 9.94. The van der Waals surface area contributed by atoms with Crippen molar-refractivity contribution in [3.05, 3.63) is 59.7 Å². The number of carbonyl (C=O) groups is 4. The van der Waals surface area contributed by atoms with E-state index in [1.165, 1.54) is 9.80 Å². The van der Waals surface area contributed by atoms with Crippen LogP contribution in [0.3, 0.4) is 0 Å². The van der Waals surface area contributed by atoms with E-state index >= 15 is 0 Å². The van der Waals surface area contributed by atoms with Gasteiger partial charge in [0.2, 0.25) is 11.8 Å². The number of carbonyl (C=O) groups excluding carboxylic acids is 3. The lowest BCUT2D eigenvalue weighted by Crippen LogP contribution is -2.59. The third kappa shape index (κ3) is 6.39. The SMILES string of the molecule is CCN(C(=O)[C@H](C1CCCC1)N(C)C(=O)OCC1c2ccccc2-c2ccccc21)[C@@H](CC(=O)O)C(=O)N1CCOCC1. The van der Waals surface area contributed by atoms with E-state index in [2.05, 4.69) is 24.3 Å². The minimum atomic E-state index is -1.17. The molecule has 2 fully saturated rings. The van der Waals surface area contributed by atoms with E-state index in [1.807, 2.05) is 24.3 Å². The average molecular weight is 592 g/mol. The fourth-order valence-electron chi connectivity index (χ4n) is 6.96. The van der Waals surface area contributed by atoms with E-state index in [0.29, 0.717) is 26.3 Å². The molecule has 0 unspecified atom stereocenters. The van der Waals surface area contributed by atoms with Gasteiger partial charge >= 0.3 is 12.1 Å². The second-order valence-electron chi connectivity index (χ2n) is 11.6. The molecule has 0 bridgehead atoms. The van der Waals surface area contributed by atoms with Crippen molar-refractivity contribution in [1.82, 2.24) is 14.7 Å². The lowest BCUT2D eigenvalue weighted by molar-refractivity contribution is -0.155. The zero-order valence-electron chi connectivity index (χ0n) is 24.9. The first kappa shape index (κ1) is 30.5. The van der Waals surface area contributed by atoms with E-state index in [4.69, 9.17) is 9.47 Å². The quantitative estimate of drug-likeness (QED) is 0.444. The minimum Gasteiger partial charge on any atom is -0.481 e. The zero-order chi connectivity index (χ0) is 30.5. The number of aliphatic carboxylic acids is 1. The van der Waals surface area contributed by atoms with Crippen LogP contribution in [0.25, 0.3) is 11.1 Å². The minimum absolute atomic E-state index is 0.115. The molecule has 10 heteroatoms. The van der Waals surface area contributed by atoms with Gasteiger partial charge in [0, 0.05) is 32.6 Å². The first-order valence-corrected chi connectivity index (χ1v) is 15.3. The number of hydrogen-bond donors (Lipinski definition) is 1. The van der Waals surface area contributed by atoms with Crippen LogP contribution in [-0.4, -0.2) is 102 Å². The molecule has 10 nitrogen and oxygen atoms in total. The number of rotatable bonds is 10. The van der Waals surface area contributed by atoms with E-state index in [1.54, 1.807) is 18.9 Å². The first-order valence-electron chi connectivity index (χ1n) is 15.3. The molecule has 3 aliphatic rings. The van der Waals surface area contributed by atoms with Crippen molar-refractivity contribution in [2.45, 2.75) is 57.0 Å². The summed E-state index contributed by atoms with van der Waals surface area (Å²) >= 11 is 0. The fourth-order valence-corrected chi connectivity index (χ4v) is 6.96. The normalized spacial score (nSPS) is 18.0. The van der Waals surface area contributed by atoms with Gasteiger partial charge in [-0.2, -0.15) is 0 Å². The van der Waals surface area contributed by atoms with Crippen molar-refractivity contribution in [2.75, 3.05) is 46.5 Å². The molecule has 1 saturated carbocycles. The van der Waals surface area contributed by atoms with Gasteiger partial charge in [-0.05, 0) is 47.9 Å². The van der Waals surface area contributed by atoms with Gasteiger partial charge in [-0.3, -0.25) is 19.3 Å². The molecule has 2 atom stereocenters. The van der Waals surface area contributed by atoms with Gasteiger partial charge in [-0.25, -0.2) is 4.79 Å². The Morgan fingerprint density at radius 2 is 1.56 bits per heavy atom. The van der Waals surface area contributed by atoms with Crippen LogP contribution in [0.1, 0.15) is 56.1 Å². The van der Waals surface area contributed by atoms with Gasteiger partial charge in [0.15, 0.2) is 0 Å². The van der Waals surface area contributed by atoms with Gasteiger partial charge in [0.25, 0.3) is 0 Å². The number of carboxylic acid groups (broad SMARTS) is 1. The summed E-state index contributed by atoms with van der Waals surface area (Å²) in [7, 11) is 1.57. The zero-order valence-corrected chi connectivity index (χ0v) is 24.9. The van der Waals surface area contributed by atoms with Gasteiger partial charge in [-0.1, -0.05) is 61.4 Å². The van der Waals surface area contributed by atoms with E-state index in [-0.39, 0.29) is 25.0 Å². The second kappa shape index (κ2) is 13.6. The van der Waals surface area contributed by atoms with Crippen LogP contribution in [0.2, 0.25) is 0 Å². The maximum Gasteiger partial charge on any atom is 0.410 e. The number of amides is 3. The van der Waals surface area contributed by atoms with Gasteiger partial charge in [-0.15, -0.1) is 0 Å². The first-order chi connectivity index (χ1) is 20.8. The Hall–Kier alpha value is -3.92. The Morgan fingerprint density at radius 1 is 0.977 bits per heavy atom. The number of benzene rings is 2. The Balaban J connectivity index is 1.36. The third-order valence-corrected chi connectivity index (χ3v) is 9.12. The molecule has 1 aliphatic heterocycles. The molecule has 1 saturated heterocycles. The summed E-state index contributed by atoms with van der Waals surface area (Å²) in [4.78, 5) is 57.6. The van der Waals surface area contributed by atoms with Crippen LogP contribution in [0.4, 0.5) is 4.79 Å². The van der Waals surface area contributed by atoms with Crippen LogP contribution < -0.4 is 0 Å². The predicted molar refractivity (Wildman–Crippen MR) is 159 cm³/mol. The summed E-state index contributed by atoms with van der Waals surface area (Å²) in [5.74, 6) is -2.23. The molecule has 0 aromatic heterocycles. The van der Waals surface area contributed by atoms with E-state index < -0.39 is 42.4 Å². The van der Waals surface area contributed by atoms with Crippen molar-refractivity contribution in [1.29, 1.82) is 0 Å². The second-order valence-corrected chi connectivity index (χ2v) is 11.6. The highest BCUT2D eigenvalue weighted by Gasteiger charge is 2.43. The van der Waals surface area contributed by atoms with Crippen molar-refractivity contribution < 1.29 is 33.8 Å². The highest BCUT2D eigenvalue weighted by molar-refractivity contribution is 5.93. The highest BCUT2D eigenvalue weighted by atomic mass is 16.6. The van der Waals surface area contributed by atoms with Crippen molar-refractivity contribution in [2.24, 2.45) is 5.92 Å². The van der Waals surface area contributed by atoms with E-state index in [0.717, 1.165) is 47.9 Å². The Kier molecular flexibility index (Phi) is 9.65. The summed E-state index contributed by atoms with van der Waals surface area (Å²) in [5, 5.41) is 9.70. The number of nitrogens with zero attached hydrogens (tertiary/aromatic N) is 3. The molecule has 2 aromatic rings. The smallest absolute Gasteiger partial charge is 0.410 e. The number of morpholine rings is 1. The monoisotopic (exact) mass is 591 g/mol. The number of carboxylic acids is 1. The number of fused-ring (bicyclic) bond motifs is 3. The van der Waals surface area contributed by atoms with Crippen LogP contribution >= 0.6 is 0 Å². The number of ether oxygens (including phenoxy) is 2. The lowest BCUT2D eigenvalue weighted by Gasteiger charge is -2.39. The maximum absolute atomic E-state index is 14.3. The van der Waals surface area contributed by atoms with Crippen molar-refractivity contribution >= 4 is 23.9 Å². The summed E-state index contributed by atoms with van der Waals surface area (Å²) in [6.07, 6.45) is 2.26. The molecular formula is C33H41N3O7. The van der Waals surface area contributed by atoms with Crippen LogP contribution in [-0.2, 0) is 23.9 Å². The summed E-state index contributed by atoms with van der Waals surface area (Å²) < 4.78 is 11.3. The molecule has 3 amide bonds. The van der Waals surface area contributed by atoms with Gasteiger partial charge in [0.1, 0.15) is 18.7 Å². The molecule has 1 heterocycles. The van der Waals surface area contributed by atoms with Crippen LogP contribution in [0.15, 0.2) is 48.5 Å². The molecule has 1 N–H and O–H groups in total. The number of hydrogen-bond acceptors (Lipinski definition) is 6. The molecule has 0 radical (unpaired) electrons. The Morgan fingerprint density at radius 3 is 2.12 bits per heavy atom. The topological polar surface area (TPSA) is 117 Å². The van der Waals surface area contributed by atoms with Crippen molar-refractivity contribution in [3.8, 4) is 11.1 Å². The molecule has 5 rings (SSSR count). The maximum atomic E-state index is 14.3. The fraction of sp³-hybridized carbons (Fsp3) is 0.515. The molecule has 2 aromatic carbocycles. The average Bonchev–Trinajstić information content (AvgIpc) is 3.66.